The second kappa shape index (κ2) is 5.84. The Bertz CT molecular complexity index is 1830. The standard InChI is InChI=1S/C27H21N3O5/c1-26-27(33,25(32)34-2)11-18(35-26)29-16-9-5-3-7-13(16)20-21-15(12-28-24(21)31)19-14-8-4-6-10-17(14)30(26)23(19)22(20)29/h3-10,18,33H,11-12H2,1-2H3,(H,28,31)/t18-,26+,27?/m1/s1. The minimum atomic E-state index is -1.93. The van der Waals surface area contributed by atoms with E-state index >= 15 is 0 Å². The van der Waals surface area contributed by atoms with Gasteiger partial charge in [-0.25, -0.2) is 4.79 Å². The summed E-state index contributed by atoms with van der Waals surface area (Å²) in [6.45, 7) is 2.17. The van der Waals surface area contributed by atoms with Crippen LogP contribution in [0.4, 0.5) is 0 Å². The third-order valence-electron chi connectivity index (χ3n) is 8.36. The van der Waals surface area contributed by atoms with E-state index in [0.717, 1.165) is 49.2 Å². The lowest BCUT2D eigenvalue weighted by atomic mass is 9.88. The quantitative estimate of drug-likeness (QED) is 0.367. The Labute approximate surface area is 198 Å². The number of amides is 1. The fourth-order valence-corrected chi connectivity index (χ4v) is 6.89. The van der Waals surface area contributed by atoms with Crippen molar-refractivity contribution in [1.82, 2.24) is 14.5 Å². The SMILES string of the molecule is COC(=O)C1(O)C[C@H]2O[C@]1(C)n1c3ccccc3c3c4c(c5c6ccccc6n2c5c31)C(=O)NC4. The molecule has 0 spiro atoms. The maximum atomic E-state index is 13.2. The molecule has 3 atom stereocenters. The van der Waals surface area contributed by atoms with Crippen LogP contribution in [0, 0.1) is 0 Å². The van der Waals surface area contributed by atoms with Crippen LogP contribution in [-0.2, 0) is 26.5 Å². The van der Waals surface area contributed by atoms with E-state index < -0.39 is 23.5 Å². The first-order valence-electron chi connectivity index (χ1n) is 11.7. The minimum absolute atomic E-state index is 0.0146. The Morgan fingerprint density at radius 3 is 2.51 bits per heavy atom. The van der Waals surface area contributed by atoms with Crippen LogP contribution >= 0.6 is 0 Å². The van der Waals surface area contributed by atoms with Gasteiger partial charge in [-0.15, -0.1) is 0 Å². The Kier molecular flexibility index (Phi) is 3.24. The highest BCUT2D eigenvalue weighted by atomic mass is 16.6. The van der Waals surface area contributed by atoms with Crippen LogP contribution in [-0.4, -0.2) is 38.8 Å². The van der Waals surface area contributed by atoms with Crippen LogP contribution < -0.4 is 5.32 Å². The van der Waals surface area contributed by atoms with E-state index in [1.165, 1.54) is 7.11 Å². The van der Waals surface area contributed by atoms with E-state index in [0.29, 0.717) is 12.1 Å². The molecule has 2 bridgehead atoms. The van der Waals surface area contributed by atoms with Gasteiger partial charge in [0.25, 0.3) is 5.91 Å². The molecule has 0 aliphatic carbocycles. The van der Waals surface area contributed by atoms with E-state index in [2.05, 4.69) is 9.88 Å². The lowest BCUT2D eigenvalue weighted by Crippen LogP contribution is -2.56. The van der Waals surface area contributed by atoms with E-state index in [1.54, 1.807) is 6.92 Å². The van der Waals surface area contributed by atoms with Crippen LogP contribution in [0.3, 0.4) is 0 Å². The van der Waals surface area contributed by atoms with Crippen molar-refractivity contribution in [3.8, 4) is 0 Å². The number of fused-ring (bicyclic) bond motifs is 13. The number of hydrogen-bond donors (Lipinski definition) is 2. The number of esters is 1. The van der Waals surface area contributed by atoms with Crippen molar-refractivity contribution in [2.24, 2.45) is 0 Å². The molecule has 3 aliphatic heterocycles. The molecule has 8 heteroatoms. The highest BCUT2D eigenvalue weighted by Crippen LogP contribution is 2.57. The first-order valence-corrected chi connectivity index (χ1v) is 11.7. The number of benzene rings is 3. The highest BCUT2D eigenvalue weighted by molar-refractivity contribution is 6.31. The van der Waals surface area contributed by atoms with Crippen molar-refractivity contribution in [2.45, 2.75) is 37.4 Å². The molecule has 3 aromatic carbocycles. The molecule has 0 saturated carbocycles. The van der Waals surface area contributed by atoms with E-state index in [4.69, 9.17) is 9.47 Å². The summed E-state index contributed by atoms with van der Waals surface area (Å²) in [5.74, 6) is -0.822. The second-order valence-corrected chi connectivity index (χ2v) is 9.83. The predicted molar refractivity (Wildman–Crippen MR) is 129 cm³/mol. The third-order valence-corrected chi connectivity index (χ3v) is 8.36. The molecule has 3 aliphatic rings. The number of nitrogens with zero attached hydrogens (tertiary/aromatic N) is 2. The lowest BCUT2D eigenvalue weighted by Gasteiger charge is -2.37. The molecule has 0 radical (unpaired) electrons. The number of aromatic nitrogens is 2. The summed E-state index contributed by atoms with van der Waals surface area (Å²) in [6.07, 6.45) is -0.628. The van der Waals surface area contributed by atoms with Gasteiger partial charge in [-0.2, -0.15) is 0 Å². The third kappa shape index (κ3) is 1.89. The summed E-state index contributed by atoms with van der Waals surface area (Å²) in [4.78, 5) is 26.3. The first kappa shape index (κ1) is 19.4. The fraction of sp³-hybridized carbons (Fsp3) is 0.259. The molecular formula is C27H21N3O5. The Hall–Kier alpha value is -3.88. The summed E-state index contributed by atoms with van der Waals surface area (Å²) in [5.41, 5.74) is 1.69. The van der Waals surface area contributed by atoms with Crippen LogP contribution in [0.25, 0.3) is 43.6 Å². The molecule has 8 rings (SSSR count). The van der Waals surface area contributed by atoms with Crippen molar-refractivity contribution in [3.05, 3.63) is 59.7 Å². The summed E-state index contributed by atoms with van der Waals surface area (Å²) >= 11 is 0. The second-order valence-electron chi connectivity index (χ2n) is 9.83. The van der Waals surface area contributed by atoms with Gasteiger partial charge in [0.15, 0.2) is 5.72 Å². The first-order chi connectivity index (χ1) is 16.9. The van der Waals surface area contributed by atoms with Gasteiger partial charge in [0, 0.05) is 34.5 Å². The molecule has 1 fully saturated rings. The molecule has 5 aromatic rings. The number of hydrogen-bond acceptors (Lipinski definition) is 5. The summed E-state index contributed by atoms with van der Waals surface area (Å²) in [5, 5.41) is 18.7. The van der Waals surface area contributed by atoms with Gasteiger partial charge < -0.3 is 29.0 Å². The number of methoxy groups -OCH3 is 1. The monoisotopic (exact) mass is 467 g/mol. The van der Waals surface area contributed by atoms with Crippen LogP contribution in [0.2, 0.25) is 0 Å². The summed E-state index contributed by atoms with van der Waals surface area (Å²) in [7, 11) is 1.28. The molecule has 2 N–H and O–H groups in total. The largest absolute Gasteiger partial charge is 0.467 e. The van der Waals surface area contributed by atoms with Crippen molar-refractivity contribution >= 4 is 55.5 Å². The molecule has 8 nitrogen and oxygen atoms in total. The lowest BCUT2D eigenvalue weighted by molar-refractivity contribution is -0.202. The van der Waals surface area contributed by atoms with Gasteiger partial charge in [0.05, 0.1) is 34.7 Å². The highest BCUT2D eigenvalue weighted by Gasteiger charge is 2.65. The van der Waals surface area contributed by atoms with Crippen LogP contribution in [0.1, 0.15) is 35.5 Å². The van der Waals surface area contributed by atoms with E-state index in [1.807, 2.05) is 53.1 Å². The zero-order valence-corrected chi connectivity index (χ0v) is 19.1. The van der Waals surface area contributed by atoms with E-state index in [9.17, 15) is 14.7 Å². The number of aliphatic hydroxyl groups is 1. The molecule has 1 unspecified atom stereocenters. The van der Waals surface area contributed by atoms with Gasteiger partial charge in [-0.3, -0.25) is 4.79 Å². The molecule has 35 heavy (non-hydrogen) atoms. The van der Waals surface area contributed by atoms with Crippen molar-refractivity contribution in [1.29, 1.82) is 0 Å². The topological polar surface area (TPSA) is 94.7 Å². The van der Waals surface area contributed by atoms with Crippen molar-refractivity contribution in [2.75, 3.05) is 7.11 Å². The minimum Gasteiger partial charge on any atom is -0.467 e. The number of para-hydroxylation sites is 2. The molecule has 5 heterocycles. The number of ether oxygens (including phenoxy) is 2. The smallest absolute Gasteiger partial charge is 0.343 e. The number of nitrogens with one attached hydrogen (secondary N) is 1. The van der Waals surface area contributed by atoms with Crippen LogP contribution in [0.5, 0.6) is 0 Å². The Morgan fingerprint density at radius 2 is 1.77 bits per heavy atom. The van der Waals surface area contributed by atoms with Gasteiger partial charge in [-0.05, 0) is 24.6 Å². The number of carbonyl (C=O) groups excluding carboxylic acids is 2. The van der Waals surface area contributed by atoms with Gasteiger partial charge in [0.1, 0.15) is 6.23 Å². The molecule has 2 aromatic heterocycles. The van der Waals surface area contributed by atoms with Crippen molar-refractivity contribution < 1.29 is 24.2 Å². The summed E-state index contributed by atoms with van der Waals surface area (Å²) in [6, 6.07) is 15.8. The van der Waals surface area contributed by atoms with Gasteiger partial charge >= 0.3 is 5.97 Å². The normalized spacial score (nSPS) is 26.7. The number of carbonyl (C=O) groups is 2. The maximum absolute atomic E-state index is 13.2. The maximum Gasteiger partial charge on any atom is 0.343 e. The number of rotatable bonds is 1. The Balaban J connectivity index is 1.73. The van der Waals surface area contributed by atoms with Gasteiger partial charge in [-0.1, -0.05) is 36.4 Å². The zero-order chi connectivity index (χ0) is 23.9. The van der Waals surface area contributed by atoms with Gasteiger partial charge in [0.2, 0.25) is 5.60 Å². The average Bonchev–Trinajstić information content (AvgIpc) is 3.55. The molecule has 1 saturated heterocycles. The van der Waals surface area contributed by atoms with Crippen molar-refractivity contribution in [3.63, 3.8) is 0 Å². The van der Waals surface area contributed by atoms with Crippen LogP contribution in [0.15, 0.2) is 48.5 Å². The Morgan fingerprint density at radius 1 is 1.09 bits per heavy atom. The molecule has 1 amide bonds. The van der Waals surface area contributed by atoms with E-state index in [-0.39, 0.29) is 12.3 Å². The molecular weight excluding hydrogens is 446 g/mol. The fourth-order valence-electron chi connectivity index (χ4n) is 6.89. The predicted octanol–water partition coefficient (Wildman–Crippen LogP) is 3.66. The zero-order valence-electron chi connectivity index (χ0n) is 19.1. The average molecular weight is 467 g/mol. The molecule has 174 valence electrons. The summed E-state index contributed by atoms with van der Waals surface area (Å²) < 4.78 is 15.8.